The maximum atomic E-state index is 11.8. The number of halogens is 1. The van der Waals surface area contributed by atoms with Gasteiger partial charge in [0.05, 0.1) is 11.6 Å². The number of anilines is 1. The first-order chi connectivity index (χ1) is 9.08. The van der Waals surface area contributed by atoms with Crippen LogP contribution in [0, 0.1) is 5.92 Å². The summed E-state index contributed by atoms with van der Waals surface area (Å²) in [5, 5.41) is 6.31. The second-order valence-electron chi connectivity index (χ2n) is 4.44. The Morgan fingerprint density at radius 2 is 2.21 bits per heavy atom. The largest absolute Gasteiger partial charge is 0.492 e. The lowest BCUT2D eigenvalue weighted by molar-refractivity contribution is -0.119. The predicted molar refractivity (Wildman–Crippen MR) is 79.0 cm³/mol. The van der Waals surface area contributed by atoms with Crippen LogP contribution < -0.4 is 15.4 Å². The quantitative estimate of drug-likeness (QED) is 0.809. The van der Waals surface area contributed by atoms with Gasteiger partial charge in [-0.25, -0.2) is 0 Å². The lowest BCUT2D eigenvalue weighted by Gasteiger charge is -2.13. The first-order valence-corrected chi connectivity index (χ1v) is 6.84. The SMILES string of the molecule is CCCOc1ccc(NC(=O)C(C)CNC)cc1Cl. The van der Waals surface area contributed by atoms with Crippen molar-refractivity contribution in [2.45, 2.75) is 20.3 Å². The topological polar surface area (TPSA) is 50.4 Å². The number of benzene rings is 1. The van der Waals surface area contributed by atoms with Crippen LogP contribution in [0.5, 0.6) is 5.75 Å². The first kappa shape index (κ1) is 15.8. The van der Waals surface area contributed by atoms with Gasteiger partial charge in [-0.3, -0.25) is 4.79 Å². The Balaban J connectivity index is 2.65. The minimum Gasteiger partial charge on any atom is -0.492 e. The highest BCUT2D eigenvalue weighted by atomic mass is 35.5. The maximum absolute atomic E-state index is 11.8. The average molecular weight is 285 g/mol. The summed E-state index contributed by atoms with van der Waals surface area (Å²) in [6, 6.07) is 5.27. The summed E-state index contributed by atoms with van der Waals surface area (Å²) in [5.41, 5.74) is 0.682. The monoisotopic (exact) mass is 284 g/mol. The Labute approximate surface area is 119 Å². The molecule has 1 amide bonds. The molecule has 106 valence electrons. The van der Waals surface area contributed by atoms with E-state index in [1.54, 1.807) is 18.2 Å². The van der Waals surface area contributed by atoms with Crippen LogP contribution in [0.4, 0.5) is 5.69 Å². The van der Waals surface area contributed by atoms with E-state index < -0.39 is 0 Å². The van der Waals surface area contributed by atoms with E-state index in [1.165, 1.54) is 0 Å². The number of hydrogen-bond acceptors (Lipinski definition) is 3. The van der Waals surface area contributed by atoms with E-state index in [-0.39, 0.29) is 11.8 Å². The molecule has 0 bridgehead atoms. The number of amides is 1. The van der Waals surface area contributed by atoms with Crippen LogP contribution in [-0.4, -0.2) is 26.1 Å². The third kappa shape index (κ3) is 5.09. The highest BCUT2D eigenvalue weighted by Gasteiger charge is 2.12. The van der Waals surface area contributed by atoms with Gasteiger partial charge in [-0.15, -0.1) is 0 Å². The molecule has 0 fully saturated rings. The molecular formula is C14H21ClN2O2. The zero-order chi connectivity index (χ0) is 14.3. The van der Waals surface area contributed by atoms with E-state index in [0.29, 0.717) is 29.6 Å². The molecule has 19 heavy (non-hydrogen) atoms. The lowest BCUT2D eigenvalue weighted by atomic mass is 10.1. The molecule has 1 unspecified atom stereocenters. The van der Waals surface area contributed by atoms with Gasteiger partial charge >= 0.3 is 0 Å². The van der Waals surface area contributed by atoms with Gasteiger partial charge in [0.15, 0.2) is 0 Å². The van der Waals surface area contributed by atoms with E-state index in [2.05, 4.69) is 10.6 Å². The van der Waals surface area contributed by atoms with Crippen molar-refractivity contribution in [1.82, 2.24) is 5.32 Å². The second-order valence-corrected chi connectivity index (χ2v) is 4.85. The molecule has 0 aromatic heterocycles. The van der Waals surface area contributed by atoms with Crippen LogP contribution in [0.2, 0.25) is 5.02 Å². The average Bonchev–Trinajstić information content (AvgIpc) is 2.38. The van der Waals surface area contributed by atoms with Crippen LogP contribution in [0.3, 0.4) is 0 Å². The molecule has 0 saturated carbocycles. The van der Waals surface area contributed by atoms with Gasteiger partial charge in [-0.1, -0.05) is 25.4 Å². The molecular weight excluding hydrogens is 264 g/mol. The standard InChI is InChI=1S/C14H21ClN2O2/c1-4-7-19-13-6-5-11(8-12(13)15)17-14(18)10(2)9-16-3/h5-6,8,10,16H,4,7,9H2,1-3H3,(H,17,18). The van der Waals surface area contributed by atoms with E-state index >= 15 is 0 Å². The summed E-state index contributed by atoms with van der Waals surface area (Å²) >= 11 is 6.10. The van der Waals surface area contributed by atoms with E-state index in [1.807, 2.05) is 20.9 Å². The Morgan fingerprint density at radius 3 is 2.79 bits per heavy atom. The minimum atomic E-state index is -0.0974. The maximum Gasteiger partial charge on any atom is 0.228 e. The van der Waals surface area contributed by atoms with Crippen molar-refractivity contribution < 1.29 is 9.53 Å². The second kappa shape index (κ2) is 8.02. The van der Waals surface area contributed by atoms with Gasteiger partial charge in [-0.05, 0) is 31.7 Å². The highest BCUT2D eigenvalue weighted by Crippen LogP contribution is 2.27. The van der Waals surface area contributed by atoms with Gasteiger partial charge < -0.3 is 15.4 Å². The Bertz CT molecular complexity index is 424. The molecule has 1 aromatic carbocycles. The van der Waals surface area contributed by atoms with E-state index in [9.17, 15) is 4.79 Å². The summed E-state index contributed by atoms with van der Waals surface area (Å²) < 4.78 is 5.48. The van der Waals surface area contributed by atoms with Gasteiger partial charge in [0, 0.05) is 18.2 Å². The van der Waals surface area contributed by atoms with Crippen LogP contribution >= 0.6 is 11.6 Å². The summed E-state index contributed by atoms with van der Waals surface area (Å²) in [4.78, 5) is 11.8. The van der Waals surface area contributed by atoms with Gasteiger partial charge in [0.2, 0.25) is 5.91 Å². The number of hydrogen-bond donors (Lipinski definition) is 2. The fraction of sp³-hybridized carbons (Fsp3) is 0.500. The molecule has 0 spiro atoms. The van der Waals surface area contributed by atoms with Crippen molar-refractivity contribution in [1.29, 1.82) is 0 Å². The van der Waals surface area contributed by atoms with Gasteiger partial charge in [-0.2, -0.15) is 0 Å². The number of rotatable bonds is 7. The van der Waals surface area contributed by atoms with Crippen molar-refractivity contribution in [3.63, 3.8) is 0 Å². The molecule has 1 aromatic rings. The normalized spacial score (nSPS) is 12.0. The molecule has 0 radical (unpaired) electrons. The predicted octanol–water partition coefficient (Wildman–Crippen LogP) is 2.92. The van der Waals surface area contributed by atoms with Crippen molar-refractivity contribution in [3.05, 3.63) is 23.2 Å². The molecule has 5 heteroatoms. The van der Waals surface area contributed by atoms with E-state index in [4.69, 9.17) is 16.3 Å². The van der Waals surface area contributed by atoms with Gasteiger partial charge in [0.25, 0.3) is 0 Å². The molecule has 4 nitrogen and oxygen atoms in total. The molecule has 0 aliphatic heterocycles. The lowest BCUT2D eigenvalue weighted by Crippen LogP contribution is -2.28. The molecule has 0 aliphatic carbocycles. The third-order valence-corrected chi connectivity index (χ3v) is 2.91. The number of nitrogens with one attached hydrogen (secondary N) is 2. The first-order valence-electron chi connectivity index (χ1n) is 6.46. The molecule has 1 atom stereocenters. The van der Waals surface area contributed by atoms with E-state index in [0.717, 1.165) is 6.42 Å². The highest BCUT2D eigenvalue weighted by molar-refractivity contribution is 6.32. The van der Waals surface area contributed by atoms with Crippen LogP contribution in [0.1, 0.15) is 20.3 Å². The number of ether oxygens (including phenoxy) is 1. The van der Waals surface area contributed by atoms with Crippen molar-refractivity contribution in [2.75, 3.05) is 25.5 Å². The fourth-order valence-electron chi connectivity index (χ4n) is 1.57. The van der Waals surface area contributed by atoms with Crippen LogP contribution in [0.15, 0.2) is 18.2 Å². The molecule has 0 saturated heterocycles. The summed E-state index contributed by atoms with van der Waals surface area (Å²) in [6.07, 6.45) is 0.927. The molecule has 0 aliphatic rings. The molecule has 1 rings (SSSR count). The summed E-state index contributed by atoms with van der Waals surface area (Å²) in [5.74, 6) is 0.511. The summed E-state index contributed by atoms with van der Waals surface area (Å²) in [6.45, 7) is 5.17. The van der Waals surface area contributed by atoms with Crippen molar-refractivity contribution in [3.8, 4) is 5.75 Å². The van der Waals surface area contributed by atoms with Crippen LogP contribution in [-0.2, 0) is 4.79 Å². The molecule has 2 N–H and O–H groups in total. The van der Waals surface area contributed by atoms with Crippen LogP contribution in [0.25, 0.3) is 0 Å². The Hall–Kier alpha value is -1.26. The van der Waals surface area contributed by atoms with Gasteiger partial charge in [0.1, 0.15) is 5.75 Å². The Morgan fingerprint density at radius 1 is 1.47 bits per heavy atom. The zero-order valence-electron chi connectivity index (χ0n) is 11.6. The summed E-state index contributed by atoms with van der Waals surface area (Å²) in [7, 11) is 1.82. The zero-order valence-corrected chi connectivity index (χ0v) is 12.4. The third-order valence-electron chi connectivity index (χ3n) is 2.62. The minimum absolute atomic E-state index is 0.0346. The molecule has 0 heterocycles. The Kier molecular flexibility index (Phi) is 6.67. The number of carbonyl (C=O) groups excluding carboxylic acids is 1. The van der Waals surface area contributed by atoms with Crippen molar-refractivity contribution in [2.24, 2.45) is 5.92 Å². The smallest absolute Gasteiger partial charge is 0.228 e. The van der Waals surface area contributed by atoms with Crippen molar-refractivity contribution >= 4 is 23.2 Å². The fourth-order valence-corrected chi connectivity index (χ4v) is 1.81. The number of carbonyl (C=O) groups is 1.